The molecule has 1 aliphatic rings. The van der Waals surface area contributed by atoms with E-state index in [2.05, 4.69) is 15.0 Å². The Morgan fingerprint density at radius 3 is 3.15 bits per heavy atom. The SMILES string of the molecule is OC1CCCN(Cc2noc(-c3cccc(Cl)c3)n2)C1. The maximum atomic E-state index is 9.65. The summed E-state index contributed by atoms with van der Waals surface area (Å²) in [7, 11) is 0. The van der Waals surface area contributed by atoms with Crippen molar-refractivity contribution in [3.8, 4) is 11.5 Å². The van der Waals surface area contributed by atoms with Crippen LogP contribution in [-0.4, -0.2) is 39.3 Å². The Morgan fingerprint density at radius 2 is 2.35 bits per heavy atom. The van der Waals surface area contributed by atoms with Crippen LogP contribution < -0.4 is 0 Å². The molecule has 1 N–H and O–H groups in total. The third-order valence-electron chi connectivity index (χ3n) is 3.39. The number of rotatable bonds is 3. The smallest absolute Gasteiger partial charge is 0.258 e. The monoisotopic (exact) mass is 293 g/mol. The van der Waals surface area contributed by atoms with Crippen LogP contribution in [0.3, 0.4) is 0 Å². The Morgan fingerprint density at radius 1 is 1.45 bits per heavy atom. The Bertz CT molecular complexity index is 587. The second-order valence-electron chi connectivity index (χ2n) is 5.06. The van der Waals surface area contributed by atoms with Gasteiger partial charge in [0.2, 0.25) is 0 Å². The van der Waals surface area contributed by atoms with E-state index >= 15 is 0 Å². The topological polar surface area (TPSA) is 62.4 Å². The van der Waals surface area contributed by atoms with E-state index in [1.165, 1.54) is 0 Å². The van der Waals surface area contributed by atoms with Gasteiger partial charge in [-0.1, -0.05) is 22.8 Å². The standard InChI is InChI=1S/C14H16ClN3O2/c15-11-4-1-3-10(7-11)14-16-13(17-20-14)9-18-6-2-5-12(19)8-18/h1,3-4,7,12,19H,2,5-6,8-9H2. The van der Waals surface area contributed by atoms with Crippen molar-refractivity contribution in [3.63, 3.8) is 0 Å². The number of β-amino-alcohol motifs (C(OH)–C–C–N with tert-alkyl or cyclic N) is 1. The maximum Gasteiger partial charge on any atom is 0.258 e. The lowest BCUT2D eigenvalue weighted by atomic mass is 10.1. The predicted octanol–water partition coefficient (Wildman–Crippen LogP) is 2.35. The average molecular weight is 294 g/mol. The van der Waals surface area contributed by atoms with E-state index < -0.39 is 0 Å². The van der Waals surface area contributed by atoms with Crippen LogP contribution >= 0.6 is 11.6 Å². The van der Waals surface area contributed by atoms with Crippen LogP contribution in [0.4, 0.5) is 0 Å². The zero-order chi connectivity index (χ0) is 13.9. The van der Waals surface area contributed by atoms with E-state index in [4.69, 9.17) is 16.1 Å². The lowest BCUT2D eigenvalue weighted by Crippen LogP contribution is -2.37. The molecule has 0 aliphatic carbocycles. The molecular formula is C14H16ClN3O2. The fourth-order valence-corrected chi connectivity index (χ4v) is 2.62. The van der Waals surface area contributed by atoms with E-state index in [-0.39, 0.29) is 6.10 Å². The second kappa shape index (κ2) is 5.91. The van der Waals surface area contributed by atoms with Crippen LogP contribution in [0.25, 0.3) is 11.5 Å². The molecule has 1 aliphatic heterocycles. The Kier molecular flexibility index (Phi) is 4.00. The van der Waals surface area contributed by atoms with Crippen molar-refractivity contribution < 1.29 is 9.63 Å². The number of hydrogen-bond donors (Lipinski definition) is 1. The van der Waals surface area contributed by atoms with Crippen LogP contribution in [0.2, 0.25) is 5.02 Å². The minimum atomic E-state index is -0.247. The summed E-state index contributed by atoms with van der Waals surface area (Å²) < 4.78 is 5.27. The summed E-state index contributed by atoms with van der Waals surface area (Å²) in [5, 5.41) is 14.3. The minimum Gasteiger partial charge on any atom is -0.392 e. The molecule has 1 saturated heterocycles. The van der Waals surface area contributed by atoms with Crippen molar-refractivity contribution in [1.29, 1.82) is 0 Å². The van der Waals surface area contributed by atoms with Gasteiger partial charge >= 0.3 is 0 Å². The first kappa shape index (κ1) is 13.5. The molecule has 0 saturated carbocycles. The second-order valence-corrected chi connectivity index (χ2v) is 5.49. The first-order chi connectivity index (χ1) is 9.70. The number of halogens is 1. The summed E-state index contributed by atoms with van der Waals surface area (Å²) in [4.78, 5) is 6.52. The van der Waals surface area contributed by atoms with Crippen molar-refractivity contribution >= 4 is 11.6 Å². The number of nitrogens with zero attached hydrogens (tertiary/aromatic N) is 3. The van der Waals surface area contributed by atoms with Crippen LogP contribution in [0.1, 0.15) is 18.7 Å². The van der Waals surface area contributed by atoms with Gasteiger partial charge in [-0.3, -0.25) is 4.90 Å². The van der Waals surface area contributed by atoms with Crippen molar-refractivity contribution in [1.82, 2.24) is 15.0 Å². The summed E-state index contributed by atoms with van der Waals surface area (Å²) in [6.45, 7) is 2.22. The molecule has 1 atom stereocenters. The molecule has 1 aromatic carbocycles. The van der Waals surface area contributed by atoms with Gasteiger partial charge in [0.15, 0.2) is 5.82 Å². The molecule has 2 heterocycles. The highest BCUT2D eigenvalue weighted by Gasteiger charge is 2.19. The fraction of sp³-hybridized carbons (Fsp3) is 0.429. The van der Waals surface area contributed by atoms with Gasteiger partial charge < -0.3 is 9.63 Å². The van der Waals surface area contributed by atoms with E-state index in [0.717, 1.165) is 24.9 Å². The molecule has 106 valence electrons. The van der Waals surface area contributed by atoms with Gasteiger partial charge in [0.25, 0.3) is 5.89 Å². The van der Waals surface area contributed by atoms with Crippen LogP contribution in [-0.2, 0) is 6.54 Å². The number of piperidine rings is 1. The molecule has 1 unspecified atom stereocenters. The normalized spacial score (nSPS) is 20.2. The number of aliphatic hydroxyl groups excluding tert-OH is 1. The Balaban J connectivity index is 1.70. The van der Waals surface area contributed by atoms with E-state index in [0.29, 0.717) is 29.8 Å². The third kappa shape index (κ3) is 3.17. The average Bonchev–Trinajstić information content (AvgIpc) is 2.87. The molecule has 2 aromatic rings. The molecule has 0 amide bonds. The molecule has 0 bridgehead atoms. The zero-order valence-corrected chi connectivity index (χ0v) is 11.8. The number of aromatic nitrogens is 2. The van der Waals surface area contributed by atoms with Crippen LogP contribution in [0.15, 0.2) is 28.8 Å². The lowest BCUT2D eigenvalue weighted by molar-refractivity contribution is 0.0651. The lowest BCUT2D eigenvalue weighted by Gasteiger charge is -2.28. The van der Waals surface area contributed by atoms with Crippen LogP contribution in [0, 0.1) is 0 Å². The van der Waals surface area contributed by atoms with Gasteiger partial charge in [-0.2, -0.15) is 4.98 Å². The largest absolute Gasteiger partial charge is 0.392 e. The quantitative estimate of drug-likeness (QED) is 0.941. The van der Waals surface area contributed by atoms with E-state index in [9.17, 15) is 5.11 Å². The molecule has 0 radical (unpaired) electrons. The van der Waals surface area contributed by atoms with E-state index in [1.807, 2.05) is 12.1 Å². The number of hydrogen-bond acceptors (Lipinski definition) is 5. The Hall–Kier alpha value is -1.43. The highest BCUT2D eigenvalue weighted by molar-refractivity contribution is 6.30. The molecule has 6 heteroatoms. The van der Waals surface area contributed by atoms with Gasteiger partial charge in [-0.05, 0) is 37.6 Å². The highest BCUT2D eigenvalue weighted by Crippen LogP contribution is 2.21. The molecular weight excluding hydrogens is 278 g/mol. The molecule has 5 nitrogen and oxygen atoms in total. The summed E-state index contributed by atoms with van der Waals surface area (Å²) in [5.74, 6) is 1.11. The summed E-state index contributed by atoms with van der Waals surface area (Å²) >= 11 is 5.95. The highest BCUT2D eigenvalue weighted by atomic mass is 35.5. The molecule has 3 rings (SSSR count). The van der Waals surface area contributed by atoms with Gasteiger partial charge in [-0.25, -0.2) is 0 Å². The van der Waals surface area contributed by atoms with Gasteiger partial charge in [0.1, 0.15) is 0 Å². The van der Waals surface area contributed by atoms with Crippen molar-refractivity contribution in [2.45, 2.75) is 25.5 Å². The predicted molar refractivity (Wildman–Crippen MR) is 75.3 cm³/mol. The Labute approximate surface area is 122 Å². The summed E-state index contributed by atoms with van der Waals surface area (Å²) in [5.41, 5.74) is 0.815. The summed E-state index contributed by atoms with van der Waals surface area (Å²) in [6, 6.07) is 7.33. The summed E-state index contributed by atoms with van der Waals surface area (Å²) in [6.07, 6.45) is 1.62. The molecule has 1 aromatic heterocycles. The van der Waals surface area contributed by atoms with Gasteiger partial charge in [0, 0.05) is 17.1 Å². The van der Waals surface area contributed by atoms with E-state index in [1.54, 1.807) is 12.1 Å². The fourth-order valence-electron chi connectivity index (χ4n) is 2.43. The molecule has 20 heavy (non-hydrogen) atoms. The van der Waals surface area contributed by atoms with Gasteiger partial charge in [0.05, 0.1) is 12.6 Å². The van der Waals surface area contributed by atoms with Gasteiger partial charge in [-0.15, -0.1) is 0 Å². The number of aliphatic hydroxyl groups is 1. The number of likely N-dealkylation sites (tertiary alicyclic amines) is 1. The first-order valence-electron chi connectivity index (χ1n) is 6.69. The maximum absolute atomic E-state index is 9.65. The molecule has 1 fully saturated rings. The number of benzene rings is 1. The molecule has 0 spiro atoms. The van der Waals surface area contributed by atoms with Crippen molar-refractivity contribution in [2.75, 3.05) is 13.1 Å². The van der Waals surface area contributed by atoms with Crippen molar-refractivity contribution in [3.05, 3.63) is 35.1 Å². The first-order valence-corrected chi connectivity index (χ1v) is 7.07. The van der Waals surface area contributed by atoms with Crippen molar-refractivity contribution in [2.24, 2.45) is 0 Å². The van der Waals surface area contributed by atoms with Crippen LogP contribution in [0.5, 0.6) is 0 Å². The zero-order valence-electron chi connectivity index (χ0n) is 11.0. The third-order valence-corrected chi connectivity index (χ3v) is 3.62. The minimum absolute atomic E-state index is 0.247.